The summed E-state index contributed by atoms with van der Waals surface area (Å²) in [6.45, 7) is 4.59. The van der Waals surface area contributed by atoms with Gasteiger partial charge in [-0.2, -0.15) is 13.2 Å². The molecule has 3 saturated heterocycles. The summed E-state index contributed by atoms with van der Waals surface area (Å²) in [5.74, 6) is -10.8. The lowest BCUT2D eigenvalue weighted by Gasteiger charge is -2.43. The first-order valence-electron chi connectivity index (χ1n) is 38.4. The van der Waals surface area contributed by atoms with Gasteiger partial charge in [0.05, 0.1) is 38.1 Å². The van der Waals surface area contributed by atoms with E-state index in [2.05, 4.69) is 16.0 Å². The molecule has 1 spiro atoms. The summed E-state index contributed by atoms with van der Waals surface area (Å²) in [5.41, 5.74) is -1.60. The van der Waals surface area contributed by atoms with E-state index in [1.54, 1.807) is 18.7 Å². The van der Waals surface area contributed by atoms with Gasteiger partial charge in [0.2, 0.25) is 70.9 Å². The summed E-state index contributed by atoms with van der Waals surface area (Å²) in [4.78, 5) is 193. The van der Waals surface area contributed by atoms with E-state index in [4.69, 9.17) is 16.3 Å². The van der Waals surface area contributed by atoms with Crippen LogP contribution in [-0.2, 0) is 62.3 Å². The largest absolute Gasteiger partial charge is 0.393 e. The number of ether oxygens (including phenoxy) is 1. The molecule has 5 saturated carbocycles. The number of rotatable bonds is 12. The standard InChI is InChI=1S/C74H118ClF3N12O13/c1-11-46(3)62-70(100)84(6)44-60(93)82(4)45-61(94)85(7)56(39-47-24-15-13-16-25-47)68(98)83(5)43-58(91)79-54(33-31-48-30-32-52(53(75)38-48)74(76,77)78)67(97)90-42-51(103-12-2)40-55(90)65(95)81-73(34-19-20-35-73)72(102)88(10)64(50-26-17-14-18-27-50)71(101)86(8)57(69(99)89-36-21-22-37-89)41-59(92)87(9)63(66(96)80-62)49-28-23-29-49/h46-57,62-64H,11-45H2,1-10H3,(H,79,91)(H,80,96)(H,81,95)/t46-,48?,51+,52?,53?,54-,55-,56-,57-,62-,63-,64-/m0/s1. The third-order valence-corrected chi connectivity index (χ3v) is 24.9. The molecule has 0 bridgehead atoms. The number of carbonyl (C=O) groups excluding carboxylic acids is 12. The Bertz CT molecular complexity index is 3010. The van der Waals surface area contributed by atoms with Crippen molar-refractivity contribution >= 4 is 82.5 Å². The van der Waals surface area contributed by atoms with Gasteiger partial charge in [0.1, 0.15) is 47.8 Å². The zero-order chi connectivity index (χ0) is 75.4. The molecule has 8 aliphatic rings. The van der Waals surface area contributed by atoms with Gasteiger partial charge in [0.15, 0.2) is 0 Å². The van der Waals surface area contributed by atoms with Crippen molar-refractivity contribution in [2.45, 2.75) is 266 Å². The van der Waals surface area contributed by atoms with Gasteiger partial charge >= 0.3 is 6.18 Å². The van der Waals surface area contributed by atoms with Crippen molar-refractivity contribution in [3.63, 3.8) is 0 Å². The fraction of sp³-hybridized carbons (Fsp3) is 0.838. The van der Waals surface area contributed by atoms with E-state index in [1.807, 2.05) is 6.92 Å². The van der Waals surface area contributed by atoms with Crippen molar-refractivity contribution in [1.29, 1.82) is 0 Å². The highest BCUT2D eigenvalue weighted by Crippen LogP contribution is 2.44. The van der Waals surface area contributed by atoms with Gasteiger partial charge in [-0.05, 0) is 126 Å². The molecule has 12 atom stereocenters. The highest BCUT2D eigenvalue weighted by Gasteiger charge is 2.53. The zero-order valence-electron chi connectivity index (χ0n) is 62.8. The average molecular weight is 1480 g/mol. The Balaban J connectivity index is 1.18. The molecular formula is C74H118ClF3N12O13. The molecule has 25 nitrogen and oxygen atoms in total. The molecule has 0 aromatic heterocycles. The third-order valence-electron chi connectivity index (χ3n) is 24.4. The van der Waals surface area contributed by atoms with E-state index in [1.165, 1.54) is 78.7 Å². The smallest absolute Gasteiger partial charge is 0.377 e. The maximum absolute atomic E-state index is 15.9. The van der Waals surface area contributed by atoms with E-state index in [0.29, 0.717) is 70.9 Å². The number of fused-ring (bicyclic) bond motifs is 1. The van der Waals surface area contributed by atoms with E-state index < -0.39 is 180 Å². The number of likely N-dealkylation sites (N-methyl/N-ethyl adjacent to an activating group) is 7. The fourth-order valence-electron chi connectivity index (χ4n) is 17.5. The monoisotopic (exact) mass is 1470 g/mol. The van der Waals surface area contributed by atoms with Crippen molar-refractivity contribution in [2.24, 2.45) is 35.5 Å². The van der Waals surface area contributed by atoms with Gasteiger partial charge in [-0.1, -0.05) is 90.9 Å². The van der Waals surface area contributed by atoms with Crippen molar-refractivity contribution < 1.29 is 75.4 Å². The van der Waals surface area contributed by atoms with Crippen LogP contribution in [0.2, 0.25) is 0 Å². The van der Waals surface area contributed by atoms with Crippen LogP contribution in [0.3, 0.4) is 0 Å². The summed E-state index contributed by atoms with van der Waals surface area (Å²) in [6, 6.07) is -8.65. The molecule has 0 radical (unpaired) electrons. The fourth-order valence-corrected chi connectivity index (χ4v) is 18.1. The molecule has 3 unspecified atom stereocenters. The van der Waals surface area contributed by atoms with Crippen LogP contribution in [0, 0.1) is 35.5 Å². The molecule has 580 valence electrons. The van der Waals surface area contributed by atoms with Crippen LogP contribution in [0.15, 0.2) is 0 Å². The lowest BCUT2D eigenvalue weighted by atomic mass is 9.78. The van der Waals surface area contributed by atoms with Gasteiger partial charge in [-0.25, -0.2) is 0 Å². The number of carbonyl (C=O) groups is 12. The Kier molecular flexibility index (Phi) is 29.4. The van der Waals surface area contributed by atoms with Crippen LogP contribution in [0.5, 0.6) is 0 Å². The van der Waals surface area contributed by atoms with Crippen LogP contribution in [0.1, 0.15) is 201 Å². The van der Waals surface area contributed by atoms with Crippen LogP contribution in [0.25, 0.3) is 0 Å². The molecule has 8 fully saturated rings. The summed E-state index contributed by atoms with van der Waals surface area (Å²) < 4.78 is 48.4. The van der Waals surface area contributed by atoms with E-state index in [9.17, 15) is 41.9 Å². The van der Waals surface area contributed by atoms with Crippen molar-refractivity contribution in [3.05, 3.63) is 0 Å². The second-order valence-electron chi connectivity index (χ2n) is 31.5. The molecule has 3 heterocycles. The molecule has 3 aliphatic heterocycles. The van der Waals surface area contributed by atoms with Gasteiger partial charge in [-0.3, -0.25) is 57.5 Å². The zero-order valence-corrected chi connectivity index (χ0v) is 63.5. The number of amides is 12. The number of nitrogens with one attached hydrogen (secondary N) is 3. The predicted molar refractivity (Wildman–Crippen MR) is 379 cm³/mol. The Morgan fingerprint density at radius 3 is 1.79 bits per heavy atom. The van der Waals surface area contributed by atoms with Crippen LogP contribution in [0.4, 0.5) is 13.2 Å². The molecule has 103 heavy (non-hydrogen) atoms. The number of hydrogen-bond acceptors (Lipinski definition) is 13. The number of halogens is 4. The second kappa shape index (κ2) is 36.8. The van der Waals surface area contributed by atoms with E-state index in [-0.39, 0.29) is 88.7 Å². The molecule has 3 N–H and O–H groups in total. The first-order valence-corrected chi connectivity index (χ1v) is 38.9. The summed E-state index contributed by atoms with van der Waals surface area (Å²) in [5, 5.41) is 7.68. The Hall–Kier alpha value is -6.32. The molecule has 0 aromatic rings. The Morgan fingerprint density at radius 2 is 1.19 bits per heavy atom. The first-order chi connectivity index (χ1) is 48.8. The quantitative estimate of drug-likeness (QED) is 0.193. The molecule has 8 rings (SSSR count). The van der Waals surface area contributed by atoms with Crippen molar-refractivity contribution in [1.82, 2.24) is 60.0 Å². The van der Waals surface area contributed by atoms with Crippen LogP contribution in [-0.4, -0.2) is 276 Å². The van der Waals surface area contributed by atoms with Crippen molar-refractivity contribution in [3.8, 4) is 0 Å². The van der Waals surface area contributed by atoms with Crippen molar-refractivity contribution in [2.75, 3.05) is 95.2 Å². The normalized spacial score (nSPS) is 31.0. The second-order valence-corrected chi connectivity index (χ2v) is 32.1. The van der Waals surface area contributed by atoms with E-state index >= 15 is 28.8 Å². The SMILES string of the molecule is CCO[C@@H]1C[C@H]2C(=O)NC3(CCCC3)C(=O)N(C)[C@@H](C3CCCCC3)C(=O)N(C)[C@H](C(=O)N3CCCC3)CC(=O)N(C)[C@@H](C3CCC3)C(=O)N[C@@H]([C@@H](C)CC)C(=O)N(C)CC(=O)N(C)CC(=O)N(C)[C@@H](CC3CCCCC3)C(=O)N(C)CC(=O)N[C@@H](CCC3CCC(C(F)(F)F)C(Cl)C3)C(=O)N2C1. The minimum Gasteiger partial charge on any atom is -0.377 e. The van der Waals surface area contributed by atoms with Gasteiger partial charge in [0, 0.05) is 87.4 Å². The third kappa shape index (κ3) is 20.2. The molecule has 0 aromatic carbocycles. The summed E-state index contributed by atoms with van der Waals surface area (Å²) in [6.07, 6.45) is 7.35. The number of likely N-dealkylation sites (tertiary alicyclic amines) is 1. The highest BCUT2D eigenvalue weighted by molar-refractivity contribution is 6.21. The molecule has 29 heteroatoms. The average Bonchev–Trinajstić information content (AvgIpc) is 1.72. The van der Waals surface area contributed by atoms with Gasteiger partial charge in [-0.15, -0.1) is 11.6 Å². The number of alkyl halides is 4. The van der Waals surface area contributed by atoms with Crippen LogP contribution < -0.4 is 16.0 Å². The minimum absolute atomic E-state index is 0.0165. The number of hydrogen-bond donors (Lipinski definition) is 3. The van der Waals surface area contributed by atoms with E-state index in [0.717, 1.165) is 67.6 Å². The minimum atomic E-state index is -4.52. The summed E-state index contributed by atoms with van der Waals surface area (Å²) >= 11 is 6.44. The highest BCUT2D eigenvalue weighted by atomic mass is 35.5. The lowest BCUT2D eigenvalue weighted by molar-refractivity contribution is -0.182. The molecule has 5 aliphatic carbocycles. The molecular weight excluding hydrogens is 1360 g/mol. The Morgan fingerprint density at radius 1 is 0.592 bits per heavy atom. The maximum atomic E-state index is 15.9. The lowest BCUT2D eigenvalue weighted by Crippen LogP contribution is -2.65. The first kappa shape index (κ1) is 82.3. The summed E-state index contributed by atoms with van der Waals surface area (Å²) in [7, 11) is 10.1. The Labute approximate surface area is 612 Å². The van der Waals surface area contributed by atoms with Crippen LogP contribution >= 0.6 is 11.6 Å². The predicted octanol–water partition coefficient (Wildman–Crippen LogP) is 5.86. The topological polar surface area (TPSA) is 279 Å². The van der Waals surface area contributed by atoms with Gasteiger partial charge < -0.3 is 64.8 Å². The maximum Gasteiger partial charge on any atom is 0.393 e. The van der Waals surface area contributed by atoms with Gasteiger partial charge in [0.25, 0.3) is 0 Å². The molecule has 12 amide bonds. The number of nitrogens with zero attached hydrogens (tertiary/aromatic N) is 9.